The van der Waals surface area contributed by atoms with Crippen molar-refractivity contribution in [1.82, 2.24) is 4.90 Å². The molecule has 14 heavy (non-hydrogen) atoms. The molecule has 2 saturated heterocycles. The minimum atomic E-state index is -0.607. The average Bonchev–Trinajstić information content (AvgIpc) is 2.60. The van der Waals surface area contributed by atoms with Gasteiger partial charge in [-0.3, -0.25) is 14.5 Å². The van der Waals surface area contributed by atoms with Crippen LogP contribution in [0.3, 0.4) is 0 Å². The van der Waals surface area contributed by atoms with Crippen molar-refractivity contribution >= 4 is 11.8 Å². The molecule has 0 spiro atoms. The molecular formula is C10H15NO3. The number of fused-ring (bicyclic) bond motifs is 1. The maximum atomic E-state index is 11.7. The molecule has 1 atom stereocenters. The third-order valence-electron chi connectivity index (χ3n) is 3.34. The highest BCUT2D eigenvalue weighted by Crippen LogP contribution is 2.37. The van der Waals surface area contributed by atoms with Gasteiger partial charge >= 0.3 is 5.97 Å². The molecule has 0 N–H and O–H groups in total. The van der Waals surface area contributed by atoms with Crippen LogP contribution in [0.1, 0.15) is 25.7 Å². The van der Waals surface area contributed by atoms with Crippen LogP contribution in [0.5, 0.6) is 0 Å². The molecule has 78 valence electrons. The van der Waals surface area contributed by atoms with E-state index >= 15 is 0 Å². The molecule has 1 unspecified atom stereocenters. The summed E-state index contributed by atoms with van der Waals surface area (Å²) in [6, 6.07) is 0. The van der Waals surface area contributed by atoms with Gasteiger partial charge in [-0.25, -0.2) is 0 Å². The second kappa shape index (κ2) is 3.35. The number of rotatable bonds is 1. The SMILES string of the molecule is COC(=O)C12CCCN1CCC(=O)C2. The fourth-order valence-corrected chi connectivity index (χ4v) is 2.63. The third kappa shape index (κ3) is 1.25. The Bertz CT molecular complexity index is 277. The first kappa shape index (κ1) is 9.65. The van der Waals surface area contributed by atoms with Crippen LogP contribution in [0.15, 0.2) is 0 Å². The molecule has 2 rings (SSSR count). The molecule has 0 amide bonds. The molecule has 0 aromatic carbocycles. The summed E-state index contributed by atoms with van der Waals surface area (Å²) in [5, 5.41) is 0. The Hall–Kier alpha value is -0.900. The minimum Gasteiger partial charge on any atom is -0.468 e. The van der Waals surface area contributed by atoms with Gasteiger partial charge in [0.25, 0.3) is 0 Å². The second-order valence-electron chi connectivity index (χ2n) is 4.08. The molecule has 0 bridgehead atoms. The standard InChI is InChI=1S/C10H15NO3/c1-14-9(13)10-4-2-5-11(10)6-3-8(12)7-10/h2-7H2,1H3. The Morgan fingerprint density at radius 3 is 3.00 bits per heavy atom. The lowest BCUT2D eigenvalue weighted by molar-refractivity contribution is -0.158. The van der Waals surface area contributed by atoms with Crippen LogP contribution in [-0.2, 0) is 14.3 Å². The van der Waals surface area contributed by atoms with E-state index in [0.29, 0.717) is 19.4 Å². The van der Waals surface area contributed by atoms with Gasteiger partial charge in [-0.2, -0.15) is 0 Å². The Morgan fingerprint density at radius 1 is 1.50 bits per heavy atom. The lowest BCUT2D eigenvalue weighted by Crippen LogP contribution is -2.55. The number of ketones is 1. The highest BCUT2D eigenvalue weighted by atomic mass is 16.5. The molecular weight excluding hydrogens is 182 g/mol. The zero-order valence-electron chi connectivity index (χ0n) is 8.41. The molecule has 2 aliphatic heterocycles. The number of carbonyl (C=O) groups is 2. The van der Waals surface area contributed by atoms with E-state index in [0.717, 1.165) is 19.4 Å². The van der Waals surface area contributed by atoms with E-state index in [2.05, 4.69) is 4.90 Å². The van der Waals surface area contributed by atoms with Crippen LogP contribution in [0.2, 0.25) is 0 Å². The zero-order valence-corrected chi connectivity index (χ0v) is 8.41. The van der Waals surface area contributed by atoms with Crippen LogP contribution >= 0.6 is 0 Å². The number of esters is 1. The Morgan fingerprint density at radius 2 is 2.29 bits per heavy atom. The monoisotopic (exact) mass is 197 g/mol. The predicted octanol–water partition coefficient (Wildman–Crippen LogP) is 0.357. The van der Waals surface area contributed by atoms with Crippen molar-refractivity contribution in [3.63, 3.8) is 0 Å². The van der Waals surface area contributed by atoms with E-state index in [-0.39, 0.29) is 11.8 Å². The fourth-order valence-electron chi connectivity index (χ4n) is 2.63. The van der Waals surface area contributed by atoms with Gasteiger partial charge < -0.3 is 4.74 Å². The first-order valence-electron chi connectivity index (χ1n) is 5.04. The van der Waals surface area contributed by atoms with Gasteiger partial charge in [0.1, 0.15) is 11.3 Å². The highest BCUT2D eigenvalue weighted by molar-refractivity contribution is 5.91. The molecule has 4 heteroatoms. The zero-order chi connectivity index (χ0) is 10.2. The van der Waals surface area contributed by atoms with Crippen molar-refractivity contribution in [3.05, 3.63) is 0 Å². The molecule has 0 aromatic rings. The number of carbonyl (C=O) groups excluding carboxylic acids is 2. The average molecular weight is 197 g/mol. The first-order valence-corrected chi connectivity index (χ1v) is 5.04. The fraction of sp³-hybridized carbons (Fsp3) is 0.800. The summed E-state index contributed by atoms with van der Waals surface area (Å²) in [6.07, 6.45) is 2.69. The summed E-state index contributed by atoms with van der Waals surface area (Å²) in [5.41, 5.74) is -0.607. The molecule has 0 radical (unpaired) electrons. The molecule has 2 fully saturated rings. The van der Waals surface area contributed by atoms with Crippen molar-refractivity contribution in [2.75, 3.05) is 20.2 Å². The maximum Gasteiger partial charge on any atom is 0.326 e. The van der Waals surface area contributed by atoms with E-state index in [1.807, 2.05) is 0 Å². The summed E-state index contributed by atoms with van der Waals surface area (Å²) >= 11 is 0. The summed E-state index contributed by atoms with van der Waals surface area (Å²) in [6.45, 7) is 1.64. The van der Waals surface area contributed by atoms with Crippen molar-refractivity contribution in [3.8, 4) is 0 Å². The van der Waals surface area contributed by atoms with E-state index < -0.39 is 5.54 Å². The van der Waals surface area contributed by atoms with Gasteiger partial charge in [0.15, 0.2) is 0 Å². The summed E-state index contributed by atoms with van der Waals surface area (Å²) in [5.74, 6) is -0.0448. The van der Waals surface area contributed by atoms with Crippen LogP contribution in [0.4, 0.5) is 0 Å². The van der Waals surface area contributed by atoms with Crippen molar-refractivity contribution in [1.29, 1.82) is 0 Å². The number of methoxy groups -OCH3 is 1. The largest absolute Gasteiger partial charge is 0.468 e. The molecule has 0 saturated carbocycles. The molecule has 0 aliphatic carbocycles. The van der Waals surface area contributed by atoms with E-state index in [9.17, 15) is 9.59 Å². The predicted molar refractivity (Wildman–Crippen MR) is 49.8 cm³/mol. The molecule has 2 heterocycles. The topological polar surface area (TPSA) is 46.6 Å². The normalized spacial score (nSPS) is 32.8. The number of piperidine rings is 1. The van der Waals surface area contributed by atoms with E-state index in [4.69, 9.17) is 4.74 Å². The van der Waals surface area contributed by atoms with E-state index in [1.54, 1.807) is 0 Å². The van der Waals surface area contributed by atoms with Crippen LogP contribution in [-0.4, -0.2) is 42.4 Å². The summed E-state index contributed by atoms with van der Waals surface area (Å²) in [4.78, 5) is 25.2. The smallest absolute Gasteiger partial charge is 0.326 e. The number of nitrogens with zero attached hydrogens (tertiary/aromatic N) is 1. The van der Waals surface area contributed by atoms with Crippen molar-refractivity contribution in [2.24, 2.45) is 0 Å². The van der Waals surface area contributed by atoms with Crippen LogP contribution in [0.25, 0.3) is 0 Å². The van der Waals surface area contributed by atoms with Crippen molar-refractivity contribution < 1.29 is 14.3 Å². The maximum absolute atomic E-state index is 11.7. The Labute approximate surface area is 83.2 Å². The number of hydrogen-bond donors (Lipinski definition) is 0. The number of ether oxygens (including phenoxy) is 1. The van der Waals surface area contributed by atoms with Crippen LogP contribution in [0, 0.1) is 0 Å². The van der Waals surface area contributed by atoms with Crippen molar-refractivity contribution in [2.45, 2.75) is 31.2 Å². The Balaban J connectivity index is 2.26. The van der Waals surface area contributed by atoms with Gasteiger partial charge in [0, 0.05) is 19.4 Å². The van der Waals surface area contributed by atoms with E-state index in [1.165, 1.54) is 7.11 Å². The van der Waals surface area contributed by atoms with Gasteiger partial charge in [0.2, 0.25) is 0 Å². The van der Waals surface area contributed by atoms with Gasteiger partial charge in [0.05, 0.1) is 7.11 Å². The molecule has 2 aliphatic rings. The lowest BCUT2D eigenvalue weighted by Gasteiger charge is -2.38. The Kier molecular flexibility index (Phi) is 2.31. The highest BCUT2D eigenvalue weighted by Gasteiger charge is 2.51. The summed E-state index contributed by atoms with van der Waals surface area (Å²) < 4.78 is 4.81. The van der Waals surface area contributed by atoms with Gasteiger partial charge in [-0.05, 0) is 19.4 Å². The van der Waals surface area contributed by atoms with Crippen LogP contribution < -0.4 is 0 Å². The molecule has 4 nitrogen and oxygen atoms in total. The summed E-state index contributed by atoms with van der Waals surface area (Å²) in [7, 11) is 1.40. The quantitative estimate of drug-likeness (QED) is 0.569. The first-order chi connectivity index (χ1) is 6.69. The second-order valence-corrected chi connectivity index (χ2v) is 4.08. The minimum absolute atomic E-state index is 0.188. The third-order valence-corrected chi connectivity index (χ3v) is 3.34. The number of hydrogen-bond acceptors (Lipinski definition) is 4. The van der Waals surface area contributed by atoms with Gasteiger partial charge in [-0.1, -0.05) is 0 Å². The number of Topliss-reactive ketones (excluding diaryl/α,β-unsaturated/α-hetero) is 1. The van der Waals surface area contributed by atoms with Gasteiger partial charge in [-0.15, -0.1) is 0 Å². The lowest BCUT2D eigenvalue weighted by atomic mass is 9.86. The molecule has 0 aromatic heterocycles.